The number of ether oxygens (including phenoxy) is 3. The van der Waals surface area contributed by atoms with E-state index in [4.69, 9.17) is 14.2 Å². The first-order chi connectivity index (χ1) is 12.1. The fraction of sp³-hybridized carbons (Fsp3) is 0.650. The number of likely N-dealkylation sites (tertiary alicyclic amines) is 1. The number of para-hydroxylation sites is 1. The second kappa shape index (κ2) is 7.75. The molecule has 5 nitrogen and oxygen atoms in total. The van der Waals surface area contributed by atoms with Crippen LogP contribution >= 0.6 is 0 Å². The minimum atomic E-state index is -0.193. The van der Waals surface area contributed by atoms with Crippen LogP contribution in [0.5, 0.6) is 5.75 Å². The molecule has 25 heavy (non-hydrogen) atoms. The van der Waals surface area contributed by atoms with E-state index in [9.17, 15) is 4.79 Å². The normalized spacial score (nSPS) is 28.7. The highest BCUT2D eigenvalue weighted by Crippen LogP contribution is 2.43. The molecule has 2 fully saturated rings. The largest absolute Gasteiger partial charge is 0.493 e. The van der Waals surface area contributed by atoms with Crippen molar-refractivity contribution in [3.63, 3.8) is 0 Å². The average Bonchev–Trinajstić information content (AvgIpc) is 3.02. The third-order valence-corrected chi connectivity index (χ3v) is 5.86. The number of nitrogens with zero attached hydrogens (tertiary/aromatic N) is 1. The van der Waals surface area contributed by atoms with Gasteiger partial charge in [-0.25, -0.2) is 0 Å². The van der Waals surface area contributed by atoms with Crippen molar-refractivity contribution < 1.29 is 19.0 Å². The van der Waals surface area contributed by atoms with Crippen molar-refractivity contribution in [3.05, 3.63) is 29.8 Å². The summed E-state index contributed by atoms with van der Waals surface area (Å²) >= 11 is 0. The van der Waals surface area contributed by atoms with Crippen molar-refractivity contribution in [2.75, 3.05) is 27.4 Å². The lowest BCUT2D eigenvalue weighted by Crippen LogP contribution is -2.53. The van der Waals surface area contributed by atoms with Gasteiger partial charge in [-0.15, -0.1) is 0 Å². The molecule has 138 valence electrons. The predicted molar refractivity (Wildman–Crippen MR) is 95.8 cm³/mol. The van der Waals surface area contributed by atoms with Crippen LogP contribution in [0.4, 0.5) is 0 Å². The number of hydrogen-bond donors (Lipinski definition) is 0. The first-order valence-electron chi connectivity index (χ1n) is 9.15. The van der Waals surface area contributed by atoms with Crippen LogP contribution in [0, 0.1) is 6.92 Å². The molecular formula is C20H29NO4. The molecule has 3 atom stereocenters. The van der Waals surface area contributed by atoms with Gasteiger partial charge in [0.25, 0.3) is 0 Å². The Labute approximate surface area is 150 Å². The number of aryl methyl sites for hydroxylation is 1. The number of benzene rings is 1. The summed E-state index contributed by atoms with van der Waals surface area (Å²) in [5.41, 5.74) is 0.895. The van der Waals surface area contributed by atoms with Crippen LogP contribution in [0.25, 0.3) is 0 Å². The highest BCUT2D eigenvalue weighted by atomic mass is 16.5. The Bertz CT molecular complexity index is 605. The third kappa shape index (κ3) is 3.67. The number of methoxy groups -OCH3 is 2. The molecule has 0 unspecified atom stereocenters. The second-order valence-corrected chi connectivity index (χ2v) is 7.12. The zero-order chi connectivity index (χ0) is 17.9. The van der Waals surface area contributed by atoms with Crippen LogP contribution in [-0.2, 0) is 14.3 Å². The molecule has 1 aromatic rings. The smallest absolute Gasteiger partial charge is 0.226 e. The van der Waals surface area contributed by atoms with Crippen molar-refractivity contribution in [2.24, 2.45) is 0 Å². The van der Waals surface area contributed by atoms with E-state index < -0.39 is 0 Å². The molecule has 1 saturated carbocycles. The van der Waals surface area contributed by atoms with Crippen LogP contribution < -0.4 is 4.74 Å². The molecule has 0 radical (unpaired) electrons. The third-order valence-electron chi connectivity index (χ3n) is 5.86. The molecule has 1 heterocycles. The standard InChI is InChI=1S/C20H29NO4/c1-15-6-4-5-7-17(15)25-13-9-19(22)21-12-11-20(24-3)10-8-16(23-2)14-18(20)21/h4-7,16,18H,8-14H2,1-3H3/t16-,18+,20-/m1/s1. The number of carbonyl (C=O) groups is 1. The fourth-order valence-electron chi connectivity index (χ4n) is 4.28. The molecule has 0 aromatic heterocycles. The lowest BCUT2D eigenvalue weighted by Gasteiger charge is -2.43. The topological polar surface area (TPSA) is 48.0 Å². The molecule has 1 amide bonds. The summed E-state index contributed by atoms with van der Waals surface area (Å²) in [5.74, 6) is 0.995. The highest BCUT2D eigenvalue weighted by molar-refractivity contribution is 5.77. The average molecular weight is 347 g/mol. The molecule has 5 heteroatoms. The molecule has 1 aliphatic heterocycles. The predicted octanol–water partition coefficient (Wildman–Crippen LogP) is 2.95. The minimum Gasteiger partial charge on any atom is -0.493 e. The number of rotatable bonds is 6. The summed E-state index contributed by atoms with van der Waals surface area (Å²) in [6.45, 7) is 3.18. The Hall–Kier alpha value is -1.59. The molecular weight excluding hydrogens is 318 g/mol. The van der Waals surface area contributed by atoms with Gasteiger partial charge in [-0.3, -0.25) is 4.79 Å². The van der Waals surface area contributed by atoms with Crippen molar-refractivity contribution in [2.45, 2.75) is 56.8 Å². The lowest BCUT2D eigenvalue weighted by molar-refractivity contribution is -0.141. The zero-order valence-electron chi connectivity index (χ0n) is 15.5. The SMILES string of the molecule is CO[C@@H]1CC[C@@]2(OC)CCN(C(=O)CCOc3ccccc3C)[C@H]2C1. The van der Waals surface area contributed by atoms with Crippen molar-refractivity contribution >= 4 is 5.91 Å². The molecule has 0 N–H and O–H groups in total. The molecule has 1 saturated heterocycles. The van der Waals surface area contributed by atoms with E-state index in [1.54, 1.807) is 14.2 Å². The summed E-state index contributed by atoms with van der Waals surface area (Å²) < 4.78 is 17.2. The van der Waals surface area contributed by atoms with E-state index >= 15 is 0 Å². The van der Waals surface area contributed by atoms with Gasteiger partial charge in [-0.2, -0.15) is 0 Å². The van der Waals surface area contributed by atoms with E-state index in [-0.39, 0.29) is 23.7 Å². The summed E-state index contributed by atoms with van der Waals surface area (Å²) in [6.07, 6.45) is 4.33. The summed E-state index contributed by atoms with van der Waals surface area (Å²) in [7, 11) is 3.52. The van der Waals surface area contributed by atoms with Gasteiger partial charge in [-0.1, -0.05) is 18.2 Å². The van der Waals surface area contributed by atoms with Gasteiger partial charge < -0.3 is 19.1 Å². The van der Waals surface area contributed by atoms with Gasteiger partial charge in [0.05, 0.1) is 30.8 Å². The van der Waals surface area contributed by atoms with E-state index in [0.29, 0.717) is 13.0 Å². The molecule has 0 bridgehead atoms. The number of fused-ring (bicyclic) bond motifs is 1. The molecule has 1 aliphatic carbocycles. The Balaban J connectivity index is 1.59. The number of hydrogen-bond acceptors (Lipinski definition) is 4. The van der Waals surface area contributed by atoms with E-state index in [0.717, 1.165) is 43.5 Å². The van der Waals surface area contributed by atoms with Gasteiger partial charge in [0, 0.05) is 20.8 Å². The van der Waals surface area contributed by atoms with Crippen LogP contribution in [0.3, 0.4) is 0 Å². The Morgan fingerprint density at radius 1 is 1.28 bits per heavy atom. The van der Waals surface area contributed by atoms with Gasteiger partial charge in [0.15, 0.2) is 0 Å². The van der Waals surface area contributed by atoms with Gasteiger partial charge >= 0.3 is 0 Å². The monoisotopic (exact) mass is 347 g/mol. The quantitative estimate of drug-likeness (QED) is 0.794. The number of amides is 1. The maximum atomic E-state index is 12.8. The maximum absolute atomic E-state index is 12.8. The molecule has 2 aliphatic rings. The zero-order valence-corrected chi connectivity index (χ0v) is 15.5. The van der Waals surface area contributed by atoms with Crippen LogP contribution in [-0.4, -0.2) is 55.9 Å². The van der Waals surface area contributed by atoms with Crippen molar-refractivity contribution in [1.29, 1.82) is 0 Å². The first kappa shape index (κ1) is 18.2. The van der Waals surface area contributed by atoms with Gasteiger partial charge in [-0.05, 0) is 44.2 Å². The van der Waals surface area contributed by atoms with Gasteiger partial charge in [0.2, 0.25) is 5.91 Å². The highest BCUT2D eigenvalue weighted by Gasteiger charge is 2.52. The van der Waals surface area contributed by atoms with E-state index in [1.807, 2.05) is 36.1 Å². The van der Waals surface area contributed by atoms with Crippen molar-refractivity contribution in [3.8, 4) is 5.75 Å². The Morgan fingerprint density at radius 2 is 2.08 bits per heavy atom. The second-order valence-electron chi connectivity index (χ2n) is 7.12. The fourth-order valence-corrected chi connectivity index (χ4v) is 4.28. The van der Waals surface area contributed by atoms with Crippen LogP contribution in [0.1, 0.15) is 37.7 Å². The molecule has 3 rings (SSSR count). The first-order valence-corrected chi connectivity index (χ1v) is 9.15. The Kier molecular flexibility index (Phi) is 5.64. The maximum Gasteiger partial charge on any atom is 0.226 e. The van der Waals surface area contributed by atoms with Crippen LogP contribution in [0.2, 0.25) is 0 Å². The summed E-state index contributed by atoms with van der Waals surface area (Å²) in [6, 6.07) is 8.00. The Morgan fingerprint density at radius 3 is 2.80 bits per heavy atom. The minimum absolute atomic E-state index is 0.113. The van der Waals surface area contributed by atoms with Crippen molar-refractivity contribution in [1.82, 2.24) is 4.90 Å². The van der Waals surface area contributed by atoms with E-state index in [2.05, 4.69) is 0 Å². The molecule has 1 aromatic carbocycles. The summed E-state index contributed by atoms with van der Waals surface area (Å²) in [5, 5.41) is 0. The lowest BCUT2D eigenvalue weighted by atomic mass is 9.79. The van der Waals surface area contributed by atoms with Gasteiger partial charge in [0.1, 0.15) is 5.75 Å². The number of carbonyl (C=O) groups excluding carboxylic acids is 1. The summed E-state index contributed by atoms with van der Waals surface area (Å²) in [4.78, 5) is 14.8. The van der Waals surface area contributed by atoms with Crippen LogP contribution in [0.15, 0.2) is 24.3 Å². The van der Waals surface area contributed by atoms with E-state index in [1.165, 1.54) is 0 Å². The molecule has 0 spiro atoms.